The fourth-order valence-electron chi connectivity index (χ4n) is 3.51. The third-order valence-electron chi connectivity index (χ3n) is 5.23. The zero-order valence-corrected chi connectivity index (χ0v) is 20.2. The van der Waals surface area contributed by atoms with Gasteiger partial charge in [0.1, 0.15) is 22.4 Å². The van der Waals surface area contributed by atoms with E-state index in [4.69, 9.17) is 4.42 Å². The zero-order valence-electron chi connectivity index (χ0n) is 18.6. The van der Waals surface area contributed by atoms with Crippen molar-refractivity contribution < 1.29 is 9.21 Å². The summed E-state index contributed by atoms with van der Waals surface area (Å²) in [4.78, 5) is 13.8. The summed E-state index contributed by atoms with van der Waals surface area (Å²) in [5.41, 5.74) is 1.93. The van der Waals surface area contributed by atoms with E-state index in [2.05, 4.69) is 33.7 Å². The van der Waals surface area contributed by atoms with Crippen LogP contribution in [0.3, 0.4) is 0 Å². The molecule has 5 rings (SSSR count). The number of rotatable bonds is 6. The van der Waals surface area contributed by atoms with Crippen LogP contribution >= 0.6 is 23.1 Å². The quantitative estimate of drug-likeness (QED) is 0.203. The van der Waals surface area contributed by atoms with Gasteiger partial charge in [-0.15, -0.1) is 10.2 Å². The molecule has 2 heterocycles. The highest BCUT2D eigenvalue weighted by molar-refractivity contribution is 7.99. The number of carbonyl (C=O) groups is 1. The molecule has 0 aliphatic heterocycles. The second-order valence-corrected chi connectivity index (χ2v) is 9.61. The number of amides is 1. The topological polar surface area (TPSA) is 91.8 Å². The standard InChI is InChI=1S/C27H18N4O2S2/c1-17-7-2-4-10-21(17)26-30-31-27(35-26)29-25(32)19(16-28)15-20-13-14-24(33-20)34-23-12-6-9-18-8-3-5-11-22(18)23/h2-15H,1H3,(H,29,31,32). The van der Waals surface area contributed by atoms with Gasteiger partial charge in [-0.1, -0.05) is 83.8 Å². The molecule has 0 spiro atoms. The molecule has 35 heavy (non-hydrogen) atoms. The van der Waals surface area contributed by atoms with E-state index < -0.39 is 5.91 Å². The predicted octanol–water partition coefficient (Wildman–Crippen LogP) is 6.96. The molecule has 0 bridgehead atoms. The van der Waals surface area contributed by atoms with Crippen LogP contribution in [-0.2, 0) is 4.79 Å². The van der Waals surface area contributed by atoms with Crippen molar-refractivity contribution in [2.75, 3.05) is 5.32 Å². The van der Waals surface area contributed by atoms with Gasteiger partial charge in [-0.3, -0.25) is 10.1 Å². The van der Waals surface area contributed by atoms with E-state index in [1.807, 2.05) is 67.6 Å². The number of aromatic nitrogens is 2. The van der Waals surface area contributed by atoms with Crippen LogP contribution in [0.25, 0.3) is 27.4 Å². The van der Waals surface area contributed by atoms with Crippen LogP contribution in [0.1, 0.15) is 11.3 Å². The Hall–Kier alpha value is -4.19. The Balaban J connectivity index is 1.31. The van der Waals surface area contributed by atoms with Gasteiger partial charge in [0.25, 0.3) is 5.91 Å². The number of hydrogen-bond donors (Lipinski definition) is 1. The number of nitriles is 1. The van der Waals surface area contributed by atoms with Crippen LogP contribution < -0.4 is 5.32 Å². The van der Waals surface area contributed by atoms with E-state index in [1.54, 1.807) is 6.07 Å². The van der Waals surface area contributed by atoms with E-state index >= 15 is 0 Å². The van der Waals surface area contributed by atoms with E-state index in [0.29, 0.717) is 21.0 Å². The molecular formula is C27H18N4O2S2. The smallest absolute Gasteiger partial charge is 0.268 e. The first-order valence-corrected chi connectivity index (χ1v) is 12.3. The summed E-state index contributed by atoms with van der Waals surface area (Å²) < 4.78 is 5.87. The second kappa shape index (κ2) is 9.97. The third-order valence-corrected chi connectivity index (χ3v) is 7.10. The van der Waals surface area contributed by atoms with Crippen LogP contribution in [0.5, 0.6) is 0 Å². The van der Waals surface area contributed by atoms with Gasteiger partial charge in [0.15, 0.2) is 5.09 Å². The highest BCUT2D eigenvalue weighted by Gasteiger charge is 2.15. The first-order chi connectivity index (χ1) is 17.1. The van der Waals surface area contributed by atoms with Gasteiger partial charge in [0.05, 0.1) is 0 Å². The maximum atomic E-state index is 12.7. The lowest BCUT2D eigenvalue weighted by atomic mass is 10.1. The molecule has 0 saturated carbocycles. The number of nitrogens with zero attached hydrogens (tertiary/aromatic N) is 3. The van der Waals surface area contributed by atoms with Crippen LogP contribution in [0, 0.1) is 18.3 Å². The lowest BCUT2D eigenvalue weighted by Gasteiger charge is -2.04. The Morgan fingerprint density at radius 2 is 1.83 bits per heavy atom. The first-order valence-electron chi connectivity index (χ1n) is 10.7. The van der Waals surface area contributed by atoms with Crippen LogP contribution in [0.4, 0.5) is 5.13 Å². The molecule has 8 heteroatoms. The van der Waals surface area contributed by atoms with E-state index in [9.17, 15) is 10.1 Å². The molecule has 2 aromatic heterocycles. The Kier molecular flexibility index (Phi) is 6.44. The Bertz CT molecular complexity index is 1610. The third kappa shape index (κ3) is 5.01. The highest BCUT2D eigenvalue weighted by atomic mass is 32.2. The van der Waals surface area contributed by atoms with Crippen molar-refractivity contribution in [3.05, 3.63) is 95.8 Å². The molecule has 0 saturated heterocycles. The summed E-state index contributed by atoms with van der Waals surface area (Å²) in [5.74, 6) is -0.156. The van der Waals surface area contributed by atoms with Crippen LogP contribution in [0.15, 0.2) is 98.8 Å². The fourth-order valence-corrected chi connectivity index (χ4v) is 5.27. The predicted molar refractivity (Wildman–Crippen MR) is 139 cm³/mol. The van der Waals surface area contributed by atoms with Crippen molar-refractivity contribution in [3.63, 3.8) is 0 Å². The molecule has 170 valence electrons. The van der Waals surface area contributed by atoms with E-state index in [-0.39, 0.29) is 5.57 Å². The molecule has 0 radical (unpaired) electrons. The Morgan fingerprint density at radius 3 is 2.69 bits per heavy atom. The number of hydrogen-bond acceptors (Lipinski definition) is 7. The highest BCUT2D eigenvalue weighted by Crippen LogP contribution is 2.35. The van der Waals surface area contributed by atoms with Gasteiger partial charge in [-0.2, -0.15) is 5.26 Å². The number of carbonyl (C=O) groups excluding carboxylic acids is 1. The summed E-state index contributed by atoms with van der Waals surface area (Å²) >= 11 is 2.74. The fraction of sp³-hybridized carbons (Fsp3) is 0.0370. The molecule has 6 nitrogen and oxygen atoms in total. The van der Waals surface area contributed by atoms with E-state index in [1.165, 1.54) is 29.2 Å². The minimum atomic E-state index is -0.570. The Morgan fingerprint density at radius 1 is 1.03 bits per heavy atom. The lowest BCUT2D eigenvalue weighted by Crippen LogP contribution is -2.13. The molecule has 3 aromatic carbocycles. The molecule has 0 fully saturated rings. The molecular weight excluding hydrogens is 476 g/mol. The van der Waals surface area contributed by atoms with Crippen molar-refractivity contribution in [3.8, 4) is 16.6 Å². The molecule has 5 aromatic rings. The van der Waals surface area contributed by atoms with Crippen molar-refractivity contribution in [2.45, 2.75) is 16.9 Å². The van der Waals surface area contributed by atoms with Crippen molar-refractivity contribution in [1.82, 2.24) is 10.2 Å². The molecule has 0 unspecified atom stereocenters. The zero-order chi connectivity index (χ0) is 24.2. The average Bonchev–Trinajstić information content (AvgIpc) is 3.52. The number of nitrogens with one attached hydrogen (secondary N) is 1. The van der Waals surface area contributed by atoms with Gasteiger partial charge in [-0.25, -0.2) is 0 Å². The molecule has 0 atom stereocenters. The van der Waals surface area contributed by atoms with Gasteiger partial charge in [0.2, 0.25) is 5.13 Å². The summed E-state index contributed by atoms with van der Waals surface area (Å²) in [6.45, 7) is 1.99. The summed E-state index contributed by atoms with van der Waals surface area (Å²) in [7, 11) is 0. The number of anilines is 1. The maximum absolute atomic E-state index is 12.7. The first kappa shape index (κ1) is 22.6. The minimum absolute atomic E-state index is 0.0892. The van der Waals surface area contributed by atoms with Gasteiger partial charge in [0, 0.05) is 16.5 Å². The summed E-state index contributed by atoms with van der Waals surface area (Å²) in [6.07, 6.45) is 1.42. The molecule has 0 aliphatic carbocycles. The molecule has 0 aliphatic rings. The number of benzene rings is 3. The van der Waals surface area contributed by atoms with Crippen LogP contribution in [0.2, 0.25) is 0 Å². The van der Waals surface area contributed by atoms with Gasteiger partial charge >= 0.3 is 0 Å². The van der Waals surface area contributed by atoms with E-state index in [0.717, 1.165) is 26.8 Å². The second-order valence-electron chi connectivity index (χ2n) is 7.59. The number of furan rings is 1. The minimum Gasteiger partial charge on any atom is -0.450 e. The van der Waals surface area contributed by atoms with Crippen molar-refractivity contribution in [2.24, 2.45) is 0 Å². The summed E-state index contributed by atoms with van der Waals surface area (Å²) in [5, 5.41) is 24.4. The average molecular weight is 495 g/mol. The maximum Gasteiger partial charge on any atom is 0.268 e. The number of aryl methyl sites for hydroxylation is 1. The molecule has 1 amide bonds. The summed E-state index contributed by atoms with van der Waals surface area (Å²) in [6, 6.07) is 27.6. The van der Waals surface area contributed by atoms with Crippen LogP contribution in [-0.4, -0.2) is 16.1 Å². The van der Waals surface area contributed by atoms with Crippen molar-refractivity contribution >= 4 is 51.0 Å². The largest absolute Gasteiger partial charge is 0.450 e. The molecule has 1 N–H and O–H groups in total. The van der Waals surface area contributed by atoms with Gasteiger partial charge in [-0.05, 0) is 41.5 Å². The number of fused-ring (bicyclic) bond motifs is 1. The van der Waals surface area contributed by atoms with Gasteiger partial charge < -0.3 is 4.42 Å². The normalized spacial score (nSPS) is 11.4. The lowest BCUT2D eigenvalue weighted by molar-refractivity contribution is -0.112. The monoisotopic (exact) mass is 494 g/mol. The SMILES string of the molecule is Cc1ccccc1-c1nnc(NC(=O)C(C#N)=Cc2ccc(Sc3cccc4ccccc34)o2)s1. The Labute approximate surface area is 209 Å². The van der Waals surface area contributed by atoms with Crippen molar-refractivity contribution in [1.29, 1.82) is 5.26 Å².